The summed E-state index contributed by atoms with van der Waals surface area (Å²) in [6.07, 6.45) is 0. The molecule has 0 saturated heterocycles. The summed E-state index contributed by atoms with van der Waals surface area (Å²) >= 11 is 3.39. The lowest BCUT2D eigenvalue weighted by atomic mass is 10.2. The van der Waals surface area contributed by atoms with Crippen molar-refractivity contribution >= 4 is 32.3 Å². The molecule has 13 heavy (non-hydrogen) atoms. The van der Waals surface area contributed by atoms with Gasteiger partial charge in [-0.3, -0.25) is 0 Å². The van der Waals surface area contributed by atoms with Crippen LogP contribution < -0.4 is 5.73 Å². The molecule has 2 aromatic heterocycles. The number of aromatic nitrogens is 1. The third-order valence-corrected chi connectivity index (χ3v) is 4.44. The molecule has 0 bridgehead atoms. The molecule has 2 heterocycles. The Morgan fingerprint density at radius 1 is 1.54 bits per heavy atom. The van der Waals surface area contributed by atoms with Gasteiger partial charge in [-0.25, -0.2) is 0 Å². The first kappa shape index (κ1) is 9.12. The first-order valence-electron chi connectivity index (χ1n) is 4.30. The van der Waals surface area contributed by atoms with E-state index < -0.39 is 0 Å². The summed E-state index contributed by atoms with van der Waals surface area (Å²) in [7, 11) is 0. The molecule has 0 aromatic carbocycles. The molecule has 0 spiro atoms. The fraction of sp³-hybridized carbons (Fsp3) is 0.444. The number of fused-ring (bicyclic) bond motifs is 1. The molecule has 70 valence electrons. The standard InChI is InChI=1S/C9H12N2S2/c1-5(2)7-3-8-9(12-7)6(4-10)11-13-8/h3,5H,4,10H2,1-2H3. The molecule has 0 amide bonds. The minimum Gasteiger partial charge on any atom is -0.325 e. The van der Waals surface area contributed by atoms with E-state index >= 15 is 0 Å². The summed E-state index contributed by atoms with van der Waals surface area (Å²) in [4.78, 5) is 1.43. The lowest BCUT2D eigenvalue weighted by Gasteiger charge is -1.96. The summed E-state index contributed by atoms with van der Waals surface area (Å²) < 4.78 is 6.88. The number of thiophene rings is 1. The van der Waals surface area contributed by atoms with Crippen LogP contribution in [0.2, 0.25) is 0 Å². The van der Waals surface area contributed by atoms with Crippen molar-refractivity contribution in [2.24, 2.45) is 5.73 Å². The fourth-order valence-electron chi connectivity index (χ4n) is 1.22. The third kappa shape index (κ3) is 1.49. The second kappa shape index (κ2) is 3.36. The average Bonchev–Trinajstić information content (AvgIpc) is 2.60. The van der Waals surface area contributed by atoms with Crippen molar-refractivity contribution in [3.63, 3.8) is 0 Å². The van der Waals surface area contributed by atoms with Crippen molar-refractivity contribution in [2.75, 3.05) is 0 Å². The predicted octanol–water partition coefficient (Wildman–Crippen LogP) is 2.94. The van der Waals surface area contributed by atoms with Gasteiger partial charge in [0.2, 0.25) is 0 Å². The maximum Gasteiger partial charge on any atom is 0.0856 e. The van der Waals surface area contributed by atoms with Crippen LogP contribution in [0, 0.1) is 0 Å². The van der Waals surface area contributed by atoms with E-state index in [9.17, 15) is 0 Å². The van der Waals surface area contributed by atoms with E-state index in [1.165, 1.54) is 14.3 Å². The molecule has 4 heteroatoms. The predicted molar refractivity (Wildman–Crippen MR) is 59.5 cm³/mol. The van der Waals surface area contributed by atoms with E-state index in [0.29, 0.717) is 12.5 Å². The van der Waals surface area contributed by atoms with E-state index in [0.717, 1.165) is 5.69 Å². The Hall–Kier alpha value is -0.450. The number of rotatable bonds is 2. The minimum atomic E-state index is 0.554. The highest BCUT2D eigenvalue weighted by atomic mass is 32.1. The molecule has 2 aromatic rings. The smallest absolute Gasteiger partial charge is 0.0856 e. The van der Waals surface area contributed by atoms with Crippen LogP contribution in [0.3, 0.4) is 0 Å². The number of nitrogens with zero attached hydrogens (tertiary/aromatic N) is 1. The second-order valence-corrected chi connectivity index (χ2v) is 5.22. The molecule has 0 atom stereocenters. The Kier molecular flexibility index (Phi) is 2.36. The largest absolute Gasteiger partial charge is 0.325 e. The van der Waals surface area contributed by atoms with Gasteiger partial charge in [0.25, 0.3) is 0 Å². The van der Waals surface area contributed by atoms with Gasteiger partial charge < -0.3 is 5.73 Å². The van der Waals surface area contributed by atoms with Gasteiger partial charge in [-0.2, -0.15) is 4.37 Å². The zero-order valence-electron chi connectivity index (χ0n) is 7.70. The Morgan fingerprint density at radius 3 is 2.92 bits per heavy atom. The number of hydrogen-bond acceptors (Lipinski definition) is 4. The van der Waals surface area contributed by atoms with Gasteiger partial charge in [0, 0.05) is 11.4 Å². The molecule has 0 fully saturated rings. The third-order valence-electron chi connectivity index (χ3n) is 2.00. The van der Waals surface area contributed by atoms with Crippen molar-refractivity contribution in [1.29, 1.82) is 0 Å². The average molecular weight is 212 g/mol. The van der Waals surface area contributed by atoms with Gasteiger partial charge in [0.1, 0.15) is 0 Å². The Morgan fingerprint density at radius 2 is 2.31 bits per heavy atom. The number of hydrogen-bond donors (Lipinski definition) is 1. The highest BCUT2D eigenvalue weighted by Gasteiger charge is 2.10. The monoisotopic (exact) mass is 212 g/mol. The Bertz CT molecular complexity index is 414. The molecule has 2 rings (SSSR count). The normalized spacial score (nSPS) is 11.7. The summed E-state index contributed by atoms with van der Waals surface area (Å²) in [6.45, 7) is 4.98. The van der Waals surface area contributed by atoms with Gasteiger partial charge in [-0.1, -0.05) is 13.8 Å². The van der Waals surface area contributed by atoms with E-state index in [2.05, 4.69) is 24.3 Å². The highest BCUT2D eigenvalue weighted by Crippen LogP contribution is 2.34. The molecule has 0 saturated carbocycles. The van der Waals surface area contributed by atoms with Crippen LogP contribution >= 0.6 is 22.9 Å². The van der Waals surface area contributed by atoms with Crippen molar-refractivity contribution < 1.29 is 0 Å². The van der Waals surface area contributed by atoms with E-state index in [1.54, 1.807) is 11.5 Å². The van der Waals surface area contributed by atoms with Crippen molar-refractivity contribution in [3.8, 4) is 0 Å². The summed E-state index contributed by atoms with van der Waals surface area (Å²) in [6, 6.07) is 2.24. The summed E-state index contributed by atoms with van der Waals surface area (Å²) in [5.41, 5.74) is 6.65. The molecule has 0 radical (unpaired) electrons. The zero-order chi connectivity index (χ0) is 9.42. The first-order valence-corrected chi connectivity index (χ1v) is 5.89. The number of nitrogens with two attached hydrogens (primary N) is 1. The molecule has 0 aliphatic rings. The lowest BCUT2D eigenvalue weighted by Crippen LogP contribution is -1.95. The maximum absolute atomic E-state index is 5.60. The molecular weight excluding hydrogens is 200 g/mol. The van der Waals surface area contributed by atoms with Crippen LogP contribution in [-0.2, 0) is 6.54 Å². The van der Waals surface area contributed by atoms with Crippen LogP contribution in [-0.4, -0.2) is 4.37 Å². The van der Waals surface area contributed by atoms with Gasteiger partial charge in [0.15, 0.2) is 0 Å². The van der Waals surface area contributed by atoms with E-state index in [1.807, 2.05) is 11.3 Å². The van der Waals surface area contributed by atoms with Crippen LogP contribution in [0.15, 0.2) is 6.07 Å². The summed E-state index contributed by atoms with van der Waals surface area (Å²) in [5, 5.41) is 0. The van der Waals surface area contributed by atoms with Crippen molar-refractivity contribution in [1.82, 2.24) is 4.37 Å². The SMILES string of the molecule is CC(C)c1cc2snc(CN)c2s1. The van der Waals surface area contributed by atoms with Crippen LogP contribution in [0.5, 0.6) is 0 Å². The maximum atomic E-state index is 5.60. The van der Waals surface area contributed by atoms with Gasteiger partial charge in [0.05, 0.1) is 15.1 Å². The minimum absolute atomic E-state index is 0.554. The van der Waals surface area contributed by atoms with Gasteiger partial charge >= 0.3 is 0 Å². The quantitative estimate of drug-likeness (QED) is 0.831. The fourth-order valence-corrected chi connectivity index (χ4v) is 3.40. The zero-order valence-corrected chi connectivity index (χ0v) is 9.34. The topological polar surface area (TPSA) is 38.9 Å². The lowest BCUT2D eigenvalue weighted by molar-refractivity contribution is 0.891. The van der Waals surface area contributed by atoms with E-state index in [4.69, 9.17) is 5.73 Å². The Labute approximate surface area is 85.6 Å². The highest BCUT2D eigenvalue weighted by molar-refractivity contribution is 7.25. The van der Waals surface area contributed by atoms with Crippen molar-refractivity contribution in [2.45, 2.75) is 26.3 Å². The summed E-state index contributed by atoms with van der Waals surface area (Å²) in [5.74, 6) is 0.607. The van der Waals surface area contributed by atoms with E-state index in [-0.39, 0.29) is 0 Å². The first-order chi connectivity index (χ1) is 6.22. The Balaban J connectivity index is 2.56. The molecule has 0 unspecified atom stereocenters. The van der Waals surface area contributed by atoms with Crippen LogP contribution in [0.4, 0.5) is 0 Å². The van der Waals surface area contributed by atoms with Gasteiger partial charge in [-0.15, -0.1) is 11.3 Å². The molecule has 2 N–H and O–H groups in total. The second-order valence-electron chi connectivity index (χ2n) is 3.33. The molecular formula is C9H12N2S2. The van der Waals surface area contributed by atoms with Crippen LogP contribution in [0.25, 0.3) is 9.40 Å². The van der Waals surface area contributed by atoms with Crippen LogP contribution in [0.1, 0.15) is 30.3 Å². The molecule has 0 aliphatic carbocycles. The van der Waals surface area contributed by atoms with Crippen molar-refractivity contribution in [3.05, 3.63) is 16.6 Å². The molecule has 2 nitrogen and oxygen atoms in total. The molecule has 0 aliphatic heterocycles. The van der Waals surface area contributed by atoms with Gasteiger partial charge in [-0.05, 0) is 23.5 Å².